The standard InChI is InChI=1S/C16H19ClN2O3/c1-11-6-7-14(22-11)16(2,21)10-19-15(20)18-9-12-4-3-5-13(17)8-12/h3-8,21H,9-10H2,1-2H3,(H2,18,19,20). The average Bonchev–Trinajstić information content (AvgIpc) is 2.91. The number of benzene rings is 1. The van der Waals surface area contributed by atoms with Gasteiger partial charge in [0.25, 0.3) is 0 Å². The summed E-state index contributed by atoms with van der Waals surface area (Å²) < 4.78 is 5.39. The maximum absolute atomic E-state index is 11.8. The number of urea groups is 1. The molecule has 118 valence electrons. The largest absolute Gasteiger partial charge is 0.463 e. The predicted octanol–water partition coefficient (Wildman–Crippen LogP) is 2.95. The molecule has 1 aromatic heterocycles. The average molecular weight is 323 g/mol. The van der Waals surface area contributed by atoms with E-state index in [-0.39, 0.29) is 12.6 Å². The van der Waals surface area contributed by atoms with Crippen LogP contribution >= 0.6 is 11.6 Å². The number of hydrogen-bond donors (Lipinski definition) is 3. The third-order valence-corrected chi connectivity index (χ3v) is 3.44. The summed E-state index contributed by atoms with van der Waals surface area (Å²) in [5.41, 5.74) is -0.363. The lowest BCUT2D eigenvalue weighted by Gasteiger charge is -2.21. The van der Waals surface area contributed by atoms with Gasteiger partial charge in [0.15, 0.2) is 0 Å². The number of carbonyl (C=O) groups excluding carboxylic acids is 1. The summed E-state index contributed by atoms with van der Waals surface area (Å²) in [4.78, 5) is 11.8. The van der Waals surface area contributed by atoms with Crippen LogP contribution in [0.5, 0.6) is 0 Å². The summed E-state index contributed by atoms with van der Waals surface area (Å²) in [7, 11) is 0. The topological polar surface area (TPSA) is 74.5 Å². The van der Waals surface area contributed by atoms with Crippen molar-refractivity contribution < 1.29 is 14.3 Å². The van der Waals surface area contributed by atoms with Crippen molar-refractivity contribution in [1.29, 1.82) is 0 Å². The summed E-state index contributed by atoms with van der Waals surface area (Å²) in [6, 6.07) is 10.3. The van der Waals surface area contributed by atoms with Gasteiger partial charge in [-0.15, -0.1) is 0 Å². The van der Waals surface area contributed by atoms with Gasteiger partial charge in [-0.25, -0.2) is 4.79 Å². The SMILES string of the molecule is Cc1ccc(C(C)(O)CNC(=O)NCc2cccc(Cl)c2)o1. The summed E-state index contributed by atoms with van der Waals surface area (Å²) in [6.07, 6.45) is 0. The van der Waals surface area contributed by atoms with Crippen molar-refractivity contribution in [1.82, 2.24) is 10.6 Å². The molecule has 2 aromatic rings. The molecule has 22 heavy (non-hydrogen) atoms. The lowest BCUT2D eigenvalue weighted by Crippen LogP contribution is -2.43. The van der Waals surface area contributed by atoms with Crippen LogP contribution in [0.4, 0.5) is 4.79 Å². The third-order valence-electron chi connectivity index (χ3n) is 3.21. The quantitative estimate of drug-likeness (QED) is 0.792. The molecule has 5 nitrogen and oxygen atoms in total. The van der Waals surface area contributed by atoms with Crippen LogP contribution in [0, 0.1) is 6.92 Å². The Morgan fingerprint density at radius 3 is 2.73 bits per heavy atom. The van der Waals surface area contributed by atoms with Gasteiger partial charge in [-0.3, -0.25) is 0 Å². The van der Waals surface area contributed by atoms with Crippen LogP contribution in [0.25, 0.3) is 0 Å². The lowest BCUT2D eigenvalue weighted by atomic mass is 10.0. The second kappa shape index (κ2) is 6.85. The number of amides is 2. The van der Waals surface area contributed by atoms with Crippen molar-refractivity contribution in [2.24, 2.45) is 0 Å². The molecule has 2 amide bonds. The number of aliphatic hydroxyl groups is 1. The molecule has 1 aromatic carbocycles. The molecular weight excluding hydrogens is 304 g/mol. The van der Waals surface area contributed by atoms with Gasteiger partial charge in [-0.2, -0.15) is 0 Å². The van der Waals surface area contributed by atoms with Crippen molar-refractivity contribution in [3.8, 4) is 0 Å². The molecule has 0 aliphatic rings. The van der Waals surface area contributed by atoms with Crippen molar-refractivity contribution in [3.63, 3.8) is 0 Å². The third kappa shape index (κ3) is 4.51. The van der Waals surface area contributed by atoms with E-state index in [1.54, 1.807) is 38.1 Å². The zero-order chi connectivity index (χ0) is 16.2. The minimum atomic E-state index is -1.26. The van der Waals surface area contributed by atoms with Gasteiger partial charge in [0.1, 0.15) is 17.1 Å². The van der Waals surface area contributed by atoms with Gasteiger partial charge < -0.3 is 20.2 Å². The molecule has 0 bridgehead atoms. The molecule has 0 fully saturated rings. The molecule has 1 atom stereocenters. The summed E-state index contributed by atoms with van der Waals surface area (Å²) in [6.45, 7) is 3.78. The highest BCUT2D eigenvalue weighted by Crippen LogP contribution is 2.21. The zero-order valence-corrected chi connectivity index (χ0v) is 13.3. The maximum Gasteiger partial charge on any atom is 0.315 e. The van der Waals surface area contributed by atoms with Gasteiger partial charge in [-0.1, -0.05) is 23.7 Å². The number of aryl methyl sites for hydroxylation is 1. The van der Waals surface area contributed by atoms with Crippen LogP contribution in [0.2, 0.25) is 5.02 Å². The van der Waals surface area contributed by atoms with Crippen LogP contribution in [0.1, 0.15) is 24.0 Å². The highest BCUT2D eigenvalue weighted by Gasteiger charge is 2.27. The van der Waals surface area contributed by atoms with Crippen molar-refractivity contribution in [2.75, 3.05) is 6.54 Å². The Labute approximate surface area is 134 Å². The van der Waals surface area contributed by atoms with Gasteiger partial charge in [0.05, 0.1) is 6.54 Å². The van der Waals surface area contributed by atoms with E-state index in [2.05, 4.69) is 10.6 Å². The van der Waals surface area contributed by atoms with Gasteiger partial charge in [0.2, 0.25) is 0 Å². The molecule has 0 radical (unpaired) electrons. The number of furan rings is 1. The summed E-state index contributed by atoms with van der Waals surface area (Å²) >= 11 is 5.88. The number of carbonyl (C=O) groups is 1. The van der Waals surface area contributed by atoms with E-state index in [9.17, 15) is 9.90 Å². The van der Waals surface area contributed by atoms with Gasteiger partial charge in [0, 0.05) is 11.6 Å². The normalized spacial score (nSPS) is 13.5. The molecule has 0 saturated heterocycles. The molecule has 1 heterocycles. The number of rotatable bonds is 5. The monoisotopic (exact) mass is 322 g/mol. The van der Waals surface area contributed by atoms with E-state index < -0.39 is 5.60 Å². The minimum absolute atomic E-state index is 0.0430. The fourth-order valence-corrected chi connectivity index (χ4v) is 2.17. The zero-order valence-electron chi connectivity index (χ0n) is 12.5. The van der Waals surface area contributed by atoms with Crippen molar-refractivity contribution >= 4 is 17.6 Å². The Balaban J connectivity index is 1.82. The second-order valence-electron chi connectivity index (χ2n) is 5.35. The summed E-state index contributed by atoms with van der Waals surface area (Å²) in [5.74, 6) is 1.13. The molecule has 0 aliphatic heterocycles. The molecular formula is C16H19ClN2O3. The van der Waals surface area contributed by atoms with Crippen LogP contribution in [-0.4, -0.2) is 17.7 Å². The molecule has 2 rings (SSSR count). The van der Waals surface area contributed by atoms with E-state index in [4.69, 9.17) is 16.0 Å². The van der Waals surface area contributed by atoms with Crippen LogP contribution in [0.15, 0.2) is 40.8 Å². The Morgan fingerprint density at radius 2 is 2.09 bits per heavy atom. The minimum Gasteiger partial charge on any atom is -0.463 e. The van der Waals surface area contributed by atoms with E-state index in [0.717, 1.165) is 5.56 Å². The highest BCUT2D eigenvalue weighted by molar-refractivity contribution is 6.30. The van der Waals surface area contributed by atoms with E-state index in [1.165, 1.54) is 0 Å². The lowest BCUT2D eigenvalue weighted by molar-refractivity contribution is 0.0360. The number of nitrogens with one attached hydrogen (secondary N) is 2. The van der Waals surface area contributed by atoms with E-state index in [0.29, 0.717) is 23.1 Å². The van der Waals surface area contributed by atoms with Crippen molar-refractivity contribution in [2.45, 2.75) is 26.0 Å². The van der Waals surface area contributed by atoms with E-state index in [1.807, 2.05) is 12.1 Å². The Bertz CT molecular complexity index is 652. The first kappa shape index (κ1) is 16.4. The Kier molecular flexibility index (Phi) is 5.11. The first-order chi connectivity index (χ1) is 10.4. The highest BCUT2D eigenvalue weighted by atomic mass is 35.5. The van der Waals surface area contributed by atoms with Gasteiger partial charge in [-0.05, 0) is 43.7 Å². The molecule has 0 saturated carbocycles. The molecule has 0 aliphatic carbocycles. The number of hydrogen-bond acceptors (Lipinski definition) is 3. The van der Waals surface area contributed by atoms with Gasteiger partial charge >= 0.3 is 6.03 Å². The molecule has 0 spiro atoms. The Morgan fingerprint density at radius 1 is 1.32 bits per heavy atom. The van der Waals surface area contributed by atoms with Crippen molar-refractivity contribution in [3.05, 3.63) is 58.5 Å². The Hall–Kier alpha value is -1.98. The molecule has 1 unspecified atom stereocenters. The predicted molar refractivity (Wildman–Crippen MR) is 84.7 cm³/mol. The van der Waals surface area contributed by atoms with Crippen LogP contribution < -0.4 is 10.6 Å². The van der Waals surface area contributed by atoms with E-state index >= 15 is 0 Å². The molecule has 6 heteroatoms. The first-order valence-corrected chi connectivity index (χ1v) is 7.30. The second-order valence-corrected chi connectivity index (χ2v) is 5.79. The summed E-state index contributed by atoms with van der Waals surface area (Å²) in [5, 5.41) is 16.3. The van der Waals surface area contributed by atoms with Crippen LogP contribution in [-0.2, 0) is 12.1 Å². The molecule has 3 N–H and O–H groups in total. The van der Waals surface area contributed by atoms with Crippen LogP contribution in [0.3, 0.4) is 0 Å². The smallest absolute Gasteiger partial charge is 0.315 e. The fraction of sp³-hybridized carbons (Fsp3) is 0.312. The first-order valence-electron chi connectivity index (χ1n) is 6.92. The number of halogens is 1. The maximum atomic E-state index is 11.8. The fourth-order valence-electron chi connectivity index (χ4n) is 1.96.